The third-order valence-electron chi connectivity index (χ3n) is 2.39. The first-order valence-corrected chi connectivity index (χ1v) is 6.05. The van der Waals surface area contributed by atoms with Crippen LogP contribution < -0.4 is 11.1 Å². The molecule has 0 aliphatic heterocycles. The number of thiazole rings is 1. The van der Waals surface area contributed by atoms with Gasteiger partial charge in [0.2, 0.25) is 0 Å². The lowest BCUT2D eigenvalue weighted by Crippen LogP contribution is -2.03. The Morgan fingerprint density at radius 1 is 1.38 bits per heavy atom. The van der Waals surface area contributed by atoms with E-state index >= 15 is 0 Å². The number of nitrogens with one attached hydrogen (secondary N) is 1. The summed E-state index contributed by atoms with van der Waals surface area (Å²) in [5.74, 6) is 0. The van der Waals surface area contributed by atoms with E-state index in [1.54, 1.807) is 11.3 Å². The maximum Gasteiger partial charge on any atom is 0.112 e. The van der Waals surface area contributed by atoms with E-state index in [-0.39, 0.29) is 0 Å². The zero-order chi connectivity index (χ0) is 11.5. The number of hydrogen-bond acceptors (Lipinski definition) is 4. The van der Waals surface area contributed by atoms with Crippen LogP contribution in [0.4, 0.5) is 11.4 Å². The topological polar surface area (TPSA) is 50.9 Å². The Morgan fingerprint density at radius 2 is 2.19 bits per heavy atom. The summed E-state index contributed by atoms with van der Waals surface area (Å²) in [6.07, 6.45) is 0. The minimum atomic E-state index is 0.730. The van der Waals surface area contributed by atoms with Gasteiger partial charge < -0.3 is 11.1 Å². The summed E-state index contributed by atoms with van der Waals surface area (Å²) < 4.78 is 0. The first-order chi connectivity index (χ1) is 7.66. The third kappa shape index (κ3) is 2.33. The van der Waals surface area contributed by atoms with Gasteiger partial charge in [-0.2, -0.15) is 0 Å². The summed E-state index contributed by atoms with van der Waals surface area (Å²) in [6.45, 7) is 4.78. The van der Waals surface area contributed by atoms with Crippen LogP contribution in [-0.4, -0.2) is 4.98 Å². The largest absolute Gasteiger partial charge is 0.397 e. The molecule has 0 spiro atoms. The summed E-state index contributed by atoms with van der Waals surface area (Å²) in [4.78, 5) is 4.40. The van der Waals surface area contributed by atoms with Crippen LogP contribution >= 0.6 is 11.3 Å². The van der Waals surface area contributed by atoms with Crippen molar-refractivity contribution in [2.24, 2.45) is 0 Å². The van der Waals surface area contributed by atoms with Gasteiger partial charge in [0.05, 0.1) is 17.9 Å². The molecular weight excluding hydrogens is 218 g/mol. The zero-order valence-electron chi connectivity index (χ0n) is 9.45. The molecule has 0 fully saturated rings. The van der Waals surface area contributed by atoms with Crippen LogP contribution in [0.15, 0.2) is 23.6 Å². The van der Waals surface area contributed by atoms with Crippen molar-refractivity contribution in [1.29, 1.82) is 0 Å². The lowest BCUT2D eigenvalue weighted by atomic mass is 10.1. The van der Waals surface area contributed by atoms with Crippen LogP contribution in [0, 0.1) is 13.8 Å². The number of benzene rings is 1. The molecule has 0 atom stereocenters. The molecule has 0 radical (unpaired) electrons. The van der Waals surface area contributed by atoms with Crippen LogP contribution in [0.25, 0.3) is 0 Å². The van der Waals surface area contributed by atoms with Crippen molar-refractivity contribution in [2.45, 2.75) is 20.4 Å². The van der Waals surface area contributed by atoms with E-state index in [0.29, 0.717) is 0 Å². The van der Waals surface area contributed by atoms with Crippen LogP contribution in [0.5, 0.6) is 0 Å². The van der Waals surface area contributed by atoms with Crippen LogP contribution in [0.3, 0.4) is 0 Å². The Bertz CT molecular complexity index is 471. The number of hydrogen-bond donors (Lipinski definition) is 2. The summed E-state index contributed by atoms with van der Waals surface area (Å²) in [6, 6.07) is 5.91. The molecule has 0 saturated carbocycles. The number of aryl methyl sites for hydroxylation is 2. The zero-order valence-corrected chi connectivity index (χ0v) is 10.3. The molecule has 1 aromatic carbocycles. The molecule has 84 valence electrons. The molecule has 16 heavy (non-hydrogen) atoms. The van der Waals surface area contributed by atoms with Gasteiger partial charge in [0.1, 0.15) is 5.01 Å². The highest BCUT2D eigenvalue weighted by Crippen LogP contribution is 2.23. The van der Waals surface area contributed by atoms with Gasteiger partial charge in [-0.25, -0.2) is 4.98 Å². The molecule has 3 nitrogen and oxygen atoms in total. The average Bonchev–Trinajstić information content (AvgIpc) is 2.63. The first kappa shape index (κ1) is 11.0. The molecule has 1 aromatic heterocycles. The smallest absolute Gasteiger partial charge is 0.112 e. The molecule has 0 aliphatic carbocycles. The molecule has 0 amide bonds. The van der Waals surface area contributed by atoms with Crippen LogP contribution in [-0.2, 0) is 6.54 Å². The molecule has 3 N–H and O–H groups in total. The second-order valence-corrected chi connectivity index (χ2v) is 4.72. The Kier molecular flexibility index (Phi) is 3.10. The number of rotatable bonds is 3. The molecular formula is C12H15N3S. The lowest BCUT2D eigenvalue weighted by Gasteiger charge is -2.10. The number of anilines is 2. The summed E-state index contributed by atoms with van der Waals surface area (Å²) in [5, 5.41) is 6.47. The van der Waals surface area contributed by atoms with Crippen molar-refractivity contribution in [3.05, 3.63) is 39.8 Å². The van der Waals surface area contributed by atoms with Gasteiger partial charge in [0.15, 0.2) is 0 Å². The second-order valence-electron chi connectivity index (χ2n) is 3.78. The molecule has 2 aromatic rings. The number of nitrogens with two attached hydrogens (primary N) is 1. The van der Waals surface area contributed by atoms with Gasteiger partial charge in [-0.1, -0.05) is 12.1 Å². The van der Waals surface area contributed by atoms with Crippen molar-refractivity contribution in [3.8, 4) is 0 Å². The van der Waals surface area contributed by atoms with E-state index in [4.69, 9.17) is 5.73 Å². The highest BCUT2D eigenvalue weighted by atomic mass is 32.1. The number of para-hydroxylation sites is 1. The predicted molar refractivity (Wildman–Crippen MR) is 69.8 cm³/mol. The Hall–Kier alpha value is -1.55. The van der Waals surface area contributed by atoms with E-state index in [2.05, 4.69) is 15.7 Å². The van der Waals surface area contributed by atoms with Crippen molar-refractivity contribution < 1.29 is 0 Å². The Balaban J connectivity index is 2.10. The van der Waals surface area contributed by atoms with Gasteiger partial charge >= 0.3 is 0 Å². The Morgan fingerprint density at radius 3 is 2.81 bits per heavy atom. The summed E-state index contributed by atoms with van der Waals surface area (Å²) >= 11 is 1.67. The fourth-order valence-corrected chi connectivity index (χ4v) is 2.29. The molecule has 0 unspecified atom stereocenters. The monoisotopic (exact) mass is 233 g/mol. The fourth-order valence-electron chi connectivity index (χ4n) is 1.58. The molecule has 0 bridgehead atoms. The maximum atomic E-state index is 5.91. The molecule has 1 heterocycles. The van der Waals surface area contributed by atoms with Crippen LogP contribution in [0.2, 0.25) is 0 Å². The lowest BCUT2D eigenvalue weighted by molar-refractivity contribution is 1.07. The molecule has 0 aliphatic rings. The second kappa shape index (κ2) is 4.53. The van der Waals surface area contributed by atoms with E-state index in [9.17, 15) is 0 Å². The van der Waals surface area contributed by atoms with E-state index in [1.165, 1.54) is 0 Å². The number of aromatic nitrogens is 1. The van der Waals surface area contributed by atoms with Crippen molar-refractivity contribution in [2.75, 3.05) is 11.1 Å². The minimum Gasteiger partial charge on any atom is -0.397 e. The van der Waals surface area contributed by atoms with Gasteiger partial charge in [-0.05, 0) is 25.5 Å². The van der Waals surface area contributed by atoms with Gasteiger partial charge in [-0.3, -0.25) is 0 Å². The van der Waals surface area contributed by atoms with Gasteiger partial charge in [0.25, 0.3) is 0 Å². The highest BCUT2D eigenvalue weighted by molar-refractivity contribution is 7.09. The normalized spacial score (nSPS) is 10.4. The van der Waals surface area contributed by atoms with Crippen molar-refractivity contribution >= 4 is 22.7 Å². The standard InChI is InChI=1S/C12H15N3S/c1-8-4-3-5-10(13)12(8)14-6-11-15-9(2)7-16-11/h3-5,7,14H,6,13H2,1-2H3. The number of nitrogens with zero attached hydrogens (tertiary/aromatic N) is 1. The highest BCUT2D eigenvalue weighted by Gasteiger charge is 2.03. The summed E-state index contributed by atoms with van der Waals surface area (Å²) in [5.41, 5.74) is 9.94. The van der Waals surface area contributed by atoms with Crippen molar-refractivity contribution in [1.82, 2.24) is 4.98 Å². The quantitative estimate of drug-likeness (QED) is 0.801. The average molecular weight is 233 g/mol. The maximum absolute atomic E-state index is 5.91. The van der Waals surface area contributed by atoms with Crippen molar-refractivity contribution in [3.63, 3.8) is 0 Å². The fraction of sp³-hybridized carbons (Fsp3) is 0.250. The Labute approximate surface area is 99.3 Å². The number of nitrogen functional groups attached to an aromatic ring is 1. The first-order valence-electron chi connectivity index (χ1n) is 5.17. The SMILES string of the molecule is Cc1csc(CNc2c(C)cccc2N)n1. The van der Waals surface area contributed by atoms with Gasteiger partial charge in [0, 0.05) is 11.1 Å². The minimum absolute atomic E-state index is 0.730. The molecule has 0 saturated heterocycles. The van der Waals surface area contributed by atoms with E-state index in [0.717, 1.165) is 34.2 Å². The molecule has 2 rings (SSSR count). The van der Waals surface area contributed by atoms with E-state index < -0.39 is 0 Å². The molecule has 4 heteroatoms. The van der Waals surface area contributed by atoms with Gasteiger partial charge in [-0.15, -0.1) is 11.3 Å². The van der Waals surface area contributed by atoms with Crippen LogP contribution in [0.1, 0.15) is 16.3 Å². The summed E-state index contributed by atoms with van der Waals surface area (Å²) in [7, 11) is 0. The predicted octanol–water partition coefficient (Wildman–Crippen LogP) is 2.95. The third-order valence-corrected chi connectivity index (χ3v) is 3.35. The van der Waals surface area contributed by atoms with E-state index in [1.807, 2.05) is 32.0 Å².